The predicted molar refractivity (Wildman–Crippen MR) is 80.8 cm³/mol. The number of hydrogen-bond acceptors (Lipinski definition) is 1. The molecule has 2 aromatic carbocycles. The number of hydrogen-bond donors (Lipinski definition) is 1. The molecule has 0 radical (unpaired) electrons. The zero-order chi connectivity index (χ0) is 14.7. The van der Waals surface area contributed by atoms with Gasteiger partial charge in [0.2, 0.25) is 0 Å². The van der Waals surface area contributed by atoms with Crippen molar-refractivity contribution in [3.63, 3.8) is 0 Å². The molecule has 0 amide bonds. The van der Waals surface area contributed by atoms with Crippen LogP contribution in [0.15, 0.2) is 40.9 Å². The van der Waals surface area contributed by atoms with Crippen LogP contribution >= 0.6 is 15.9 Å². The molecule has 106 valence electrons. The first-order valence-electron chi connectivity index (χ1n) is 6.47. The maximum Gasteiger partial charge on any atom is 0.126 e. The predicted octanol–water partition coefficient (Wildman–Crippen LogP) is 4.73. The maximum atomic E-state index is 13.4. The first kappa shape index (κ1) is 15.1. The normalized spacial score (nSPS) is 12.4. The van der Waals surface area contributed by atoms with Gasteiger partial charge in [0, 0.05) is 4.47 Å². The summed E-state index contributed by atoms with van der Waals surface area (Å²) in [6.45, 7) is 4.49. The Morgan fingerprint density at radius 2 is 1.90 bits per heavy atom. The largest absolute Gasteiger partial charge is 0.306 e. The van der Waals surface area contributed by atoms with E-state index < -0.39 is 0 Å². The van der Waals surface area contributed by atoms with Gasteiger partial charge in [-0.15, -0.1) is 0 Å². The summed E-state index contributed by atoms with van der Waals surface area (Å²) < 4.78 is 27.3. The van der Waals surface area contributed by atoms with Crippen molar-refractivity contribution in [2.24, 2.45) is 0 Å². The number of aryl methyl sites for hydroxylation is 1. The fraction of sp³-hybridized carbons (Fsp3) is 0.250. The second kappa shape index (κ2) is 6.46. The minimum Gasteiger partial charge on any atom is -0.306 e. The van der Waals surface area contributed by atoms with Gasteiger partial charge in [0.15, 0.2) is 0 Å². The monoisotopic (exact) mass is 339 g/mol. The zero-order valence-electron chi connectivity index (χ0n) is 11.4. The number of rotatable bonds is 4. The lowest BCUT2D eigenvalue weighted by atomic mass is 9.97. The molecule has 2 aromatic rings. The molecule has 0 saturated carbocycles. The van der Waals surface area contributed by atoms with Crippen molar-refractivity contribution in [2.45, 2.75) is 19.9 Å². The van der Waals surface area contributed by atoms with Gasteiger partial charge in [-0.05, 0) is 48.4 Å². The molecule has 20 heavy (non-hydrogen) atoms. The maximum absolute atomic E-state index is 13.4. The summed E-state index contributed by atoms with van der Waals surface area (Å²) >= 11 is 3.39. The Kier molecular flexibility index (Phi) is 4.89. The summed E-state index contributed by atoms with van der Waals surface area (Å²) in [5.74, 6) is -0.506. The first-order chi connectivity index (χ1) is 9.52. The SMILES string of the molecule is CCNC(c1ccc(F)c(C)c1)c1ccc(F)cc1Br. The topological polar surface area (TPSA) is 12.0 Å². The molecule has 0 saturated heterocycles. The molecule has 0 spiro atoms. The van der Waals surface area contributed by atoms with Crippen molar-refractivity contribution in [1.29, 1.82) is 0 Å². The molecule has 1 unspecified atom stereocenters. The van der Waals surface area contributed by atoms with Crippen LogP contribution in [-0.2, 0) is 0 Å². The highest BCUT2D eigenvalue weighted by molar-refractivity contribution is 9.10. The lowest BCUT2D eigenvalue weighted by molar-refractivity contribution is 0.601. The number of nitrogens with one attached hydrogen (secondary N) is 1. The fourth-order valence-corrected chi connectivity index (χ4v) is 2.77. The smallest absolute Gasteiger partial charge is 0.126 e. The summed E-state index contributed by atoms with van der Waals surface area (Å²) in [6, 6.07) is 9.55. The third kappa shape index (κ3) is 3.25. The third-order valence-electron chi connectivity index (χ3n) is 3.20. The van der Waals surface area contributed by atoms with E-state index in [0.717, 1.165) is 17.7 Å². The second-order valence-corrected chi connectivity index (χ2v) is 5.52. The quantitative estimate of drug-likeness (QED) is 0.848. The summed E-state index contributed by atoms with van der Waals surface area (Å²) in [5, 5.41) is 3.35. The Labute approximate surface area is 126 Å². The van der Waals surface area contributed by atoms with Crippen molar-refractivity contribution < 1.29 is 8.78 Å². The van der Waals surface area contributed by atoms with Gasteiger partial charge >= 0.3 is 0 Å². The van der Waals surface area contributed by atoms with Crippen LogP contribution in [0.25, 0.3) is 0 Å². The van der Waals surface area contributed by atoms with Crippen LogP contribution in [0.3, 0.4) is 0 Å². The van der Waals surface area contributed by atoms with E-state index in [-0.39, 0.29) is 17.7 Å². The average Bonchev–Trinajstić information content (AvgIpc) is 2.40. The Balaban J connectivity index is 2.47. The summed E-state index contributed by atoms with van der Waals surface area (Å²) in [6.07, 6.45) is 0. The van der Waals surface area contributed by atoms with Gasteiger partial charge in [-0.25, -0.2) is 8.78 Å². The average molecular weight is 340 g/mol. The van der Waals surface area contributed by atoms with E-state index in [1.165, 1.54) is 18.2 Å². The summed E-state index contributed by atoms with van der Waals surface area (Å²) in [5.41, 5.74) is 2.49. The molecule has 0 aromatic heterocycles. The highest BCUT2D eigenvalue weighted by Gasteiger charge is 2.17. The lowest BCUT2D eigenvalue weighted by Crippen LogP contribution is -2.22. The van der Waals surface area contributed by atoms with E-state index in [2.05, 4.69) is 21.2 Å². The summed E-state index contributed by atoms with van der Waals surface area (Å²) in [4.78, 5) is 0. The molecule has 0 fully saturated rings. The fourth-order valence-electron chi connectivity index (χ4n) is 2.19. The van der Waals surface area contributed by atoms with Crippen LogP contribution < -0.4 is 5.32 Å². The number of halogens is 3. The Morgan fingerprint density at radius 3 is 2.50 bits per heavy atom. The van der Waals surface area contributed by atoms with E-state index in [0.29, 0.717) is 10.0 Å². The van der Waals surface area contributed by atoms with Gasteiger partial charge in [-0.2, -0.15) is 0 Å². The highest BCUT2D eigenvalue weighted by atomic mass is 79.9. The van der Waals surface area contributed by atoms with Crippen LogP contribution in [0, 0.1) is 18.6 Å². The second-order valence-electron chi connectivity index (χ2n) is 4.67. The van der Waals surface area contributed by atoms with E-state index >= 15 is 0 Å². The highest BCUT2D eigenvalue weighted by Crippen LogP contribution is 2.30. The molecule has 0 aliphatic rings. The molecule has 1 N–H and O–H groups in total. The van der Waals surface area contributed by atoms with Crippen molar-refractivity contribution in [2.75, 3.05) is 6.54 Å². The van der Waals surface area contributed by atoms with Crippen LogP contribution in [0.4, 0.5) is 8.78 Å². The molecule has 0 aliphatic carbocycles. The minimum absolute atomic E-state index is 0.103. The Morgan fingerprint density at radius 1 is 1.15 bits per heavy atom. The van der Waals surface area contributed by atoms with Gasteiger partial charge in [0.25, 0.3) is 0 Å². The standard InChI is InChI=1S/C16H16BrF2N/c1-3-20-16(11-4-7-15(19)10(2)8-11)13-6-5-12(18)9-14(13)17/h4-9,16,20H,3H2,1-2H3. The van der Waals surface area contributed by atoms with Crippen molar-refractivity contribution >= 4 is 15.9 Å². The molecule has 1 nitrogen and oxygen atoms in total. The third-order valence-corrected chi connectivity index (χ3v) is 3.88. The van der Waals surface area contributed by atoms with Crippen LogP contribution in [0.5, 0.6) is 0 Å². The summed E-state index contributed by atoms with van der Waals surface area (Å²) in [7, 11) is 0. The van der Waals surface area contributed by atoms with E-state index in [9.17, 15) is 8.78 Å². The molecule has 2 rings (SSSR count). The molecule has 4 heteroatoms. The Bertz CT molecular complexity index is 613. The van der Waals surface area contributed by atoms with Crippen molar-refractivity contribution in [3.8, 4) is 0 Å². The van der Waals surface area contributed by atoms with Gasteiger partial charge in [-0.3, -0.25) is 0 Å². The zero-order valence-corrected chi connectivity index (χ0v) is 13.0. The van der Waals surface area contributed by atoms with Gasteiger partial charge in [-0.1, -0.05) is 41.1 Å². The first-order valence-corrected chi connectivity index (χ1v) is 7.26. The van der Waals surface area contributed by atoms with Crippen LogP contribution in [-0.4, -0.2) is 6.54 Å². The molecular weight excluding hydrogens is 324 g/mol. The molecule has 1 atom stereocenters. The lowest BCUT2D eigenvalue weighted by Gasteiger charge is -2.21. The van der Waals surface area contributed by atoms with E-state index in [4.69, 9.17) is 0 Å². The molecule has 0 heterocycles. The van der Waals surface area contributed by atoms with Gasteiger partial charge < -0.3 is 5.32 Å². The number of benzene rings is 2. The Hall–Kier alpha value is -1.26. The van der Waals surface area contributed by atoms with Crippen LogP contribution in [0.1, 0.15) is 29.7 Å². The van der Waals surface area contributed by atoms with Gasteiger partial charge in [0.05, 0.1) is 6.04 Å². The molecule has 0 aliphatic heterocycles. The van der Waals surface area contributed by atoms with E-state index in [1.54, 1.807) is 19.1 Å². The molecule has 0 bridgehead atoms. The van der Waals surface area contributed by atoms with Crippen molar-refractivity contribution in [1.82, 2.24) is 5.32 Å². The van der Waals surface area contributed by atoms with Crippen molar-refractivity contribution in [3.05, 3.63) is 69.2 Å². The minimum atomic E-state index is -0.286. The molecular formula is C16H16BrF2N. The van der Waals surface area contributed by atoms with Crippen LogP contribution in [0.2, 0.25) is 0 Å². The van der Waals surface area contributed by atoms with Gasteiger partial charge in [0.1, 0.15) is 11.6 Å². The van der Waals surface area contributed by atoms with E-state index in [1.807, 2.05) is 13.0 Å².